The van der Waals surface area contributed by atoms with Crippen LogP contribution >= 0.6 is 0 Å². The molecule has 0 radical (unpaired) electrons. The highest BCUT2D eigenvalue weighted by Gasteiger charge is 2.24. The third-order valence-electron chi connectivity index (χ3n) is 4.98. The average Bonchev–Trinajstić information content (AvgIpc) is 3.17. The Morgan fingerprint density at radius 2 is 1.85 bits per heavy atom. The summed E-state index contributed by atoms with van der Waals surface area (Å²) in [6, 6.07) is 12.7. The van der Waals surface area contributed by atoms with Crippen LogP contribution in [0.1, 0.15) is 54.2 Å². The van der Waals surface area contributed by atoms with Gasteiger partial charge in [0.05, 0.1) is 11.6 Å². The van der Waals surface area contributed by atoms with Crippen molar-refractivity contribution in [3.63, 3.8) is 0 Å². The summed E-state index contributed by atoms with van der Waals surface area (Å²) in [4.78, 5) is 19.6. The van der Waals surface area contributed by atoms with E-state index in [-0.39, 0.29) is 18.0 Å². The molecule has 144 valence electrons. The number of hydrogen-bond acceptors (Lipinski definition) is 4. The molecule has 1 aromatic carbocycles. The highest BCUT2D eigenvalue weighted by atomic mass is 16.1. The smallest absolute Gasteiger partial charge is 0.255 e. The molecule has 0 saturated carbocycles. The minimum absolute atomic E-state index is 0.0810. The molecule has 1 amide bonds. The van der Waals surface area contributed by atoms with Crippen molar-refractivity contribution >= 4 is 11.7 Å². The predicted molar refractivity (Wildman–Crippen MR) is 110 cm³/mol. The van der Waals surface area contributed by atoms with Gasteiger partial charge in [0.25, 0.3) is 5.91 Å². The standard InChI is InChI=1S/C22H30N4O/c1-16(2)25-21-19(7-6-12-23-21)22(27)24-15-20(26-13-4-5-14-26)18-10-8-17(3)9-11-18/h6-12,16,20H,4-5,13-15H2,1-3H3,(H,23,25)(H,24,27). The van der Waals surface area contributed by atoms with Gasteiger partial charge in [0.1, 0.15) is 5.82 Å². The molecule has 5 nitrogen and oxygen atoms in total. The van der Waals surface area contributed by atoms with Crippen LogP contribution in [0.25, 0.3) is 0 Å². The Morgan fingerprint density at radius 3 is 2.52 bits per heavy atom. The molecule has 1 aromatic heterocycles. The number of hydrogen-bond donors (Lipinski definition) is 2. The molecule has 0 aliphatic carbocycles. The minimum atomic E-state index is -0.0810. The summed E-state index contributed by atoms with van der Waals surface area (Å²) in [6.45, 7) is 8.94. The highest BCUT2D eigenvalue weighted by Crippen LogP contribution is 2.25. The van der Waals surface area contributed by atoms with Gasteiger partial charge in [-0.15, -0.1) is 0 Å². The maximum atomic E-state index is 12.8. The minimum Gasteiger partial charge on any atom is -0.367 e. The molecule has 1 aliphatic heterocycles. The Morgan fingerprint density at radius 1 is 1.15 bits per heavy atom. The fourth-order valence-corrected chi connectivity index (χ4v) is 3.56. The Bertz CT molecular complexity index is 751. The van der Waals surface area contributed by atoms with E-state index in [4.69, 9.17) is 0 Å². The second-order valence-corrected chi connectivity index (χ2v) is 7.58. The number of anilines is 1. The van der Waals surface area contributed by atoms with Crippen LogP contribution in [0.2, 0.25) is 0 Å². The van der Waals surface area contributed by atoms with Crippen molar-refractivity contribution in [1.82, 2.24) is 15.2 Å². The van der Waals surface area contributed by atoms with Crippen LogP contribution < -0.4 is 10.6 Å². The lowest BCUT2D eigenvalue weighted by atomic mass is 10.0. The average molecular weight is 367 g/mol. The maximum Gasteiger partial charge on any atom is 0.255 e. The van der Waals surface area contributed by atoms with Crippen LogP contribution in [0.5, 0.6) is 0 Å². The van der Waals surface area contributed by atoms with Gasteiger partial charge in [0.2, 0.25) is 0 Å². The van der Waals surface area contributed by atoms with Crippen molar-refractivity contribution in [2.45, 2.75) is 45.7 Å². The molecule has 1 atom stereocenters. The zero-order chi connectivity index (χ0) is 19.2. The molecule has 1 fully saturated rings. The number of carbonyl (C=O) groups is 1. The maximum absolute atomic E-state index is 12.8. The van der Waals surface area contributed by atoms with Crippen molar-refractivity contribution in [3.05, 3.63) is 59.3 Å². The fourth-order valence-electron chi connectivity index (χ4n) is 3.56. The van der Waals surface area contributed by atoms with E-state index in [1.54, 1.807) is 12.3 Å². The van der Waals surface area contributed by atoms with E-state index in [1.807, 2.05) is 19.9 Å². The number of rotatable bonds is 7. The number of pyridine rings is 1. The summed E-state index contributed by atoms with van der Waals surface area (Å²) in [6.07, 6.45) is 4.16. The molecule has 27 heavy (non-hydrogen) atoms. The Kier molecular flexibility index (Phi) is 6.45. The van der Waals surface area contributed by atoms with Crippen molar-refractivity contribution < 1.29 is 4.79 Å². The quantitative estimate of drug-likeness (QED) is 0.783. The molecular formula is C22H30N4O. The molecule has 1 saturated heterocycles. The van der Waals surface area contributed by atoms with Crippen LogP contribution in [0.3, 0.4) is 0 Å². The van der Waals surface area contributed by atoms with Crippen molar-refractivity contribution in [2.75, 3.05) is 25.0 Å². The lowest BCUT2D eigenvalue weighted by Crippen LogP contribution is -2.37. The number of aromatic nitrogens is 1. The molecule has 2 aromatic rings. The van der Waals surface area contributed by atoms with Crippen molar-refractivity contribution in [1.29, 1.82) is 0 Å². The molecule has 0 bridgehead atoms. The molecular weight excluding hydrogens is 336 g/mol. The third kappa shape index (κ3) is 5.07. The van der Waals surface area contributed by atoms with E-state index in [0.29, 0.717) is 17.9 Å². The molecule has 1 aliphatic rings. The highest BCUT2D eigenvalue weighted by molar-refractivity contribution is 5.98. The van der Waals surface area contributed by atoms with Crippen LogP contribution in [-0.2, 0) is 0 Å². The lowest BCUT2D eigenvalue weighted by Gasteiger charge is -2.28. The largest absolute Gasteiger partial charge is 0.367 e. The van der Waals surface area contributed by atoms with Gasteiger partial charge >= 0.3 is 0 Å². The summed E-state index contributed by atoms with van der Waals surface area (Å²) in [5.41, 5.74) is 3.10. The number of amides is 1. The van der Waals surface area contributed by atoms with E-state index in [1.165, 1.54) is 24.0 Å². The first kappa shape index (κ1) is 19.4. The van der Waals surface area contributed by atoms with Gasteiger partial charge < -0.3 is 10.6 Å². The van der Waals surface area contributed by atoms with Gasteiger partial charge in [-0.25, -0.2) is 4.98 Å². The van der Waals surface area contributed by atoms with Gasteiger partial charge in [-0.1, -0.05) is 29.8 Å². The molecule has 2 N–H and O–H groups in total. The van der Waals surface area contributed by atoms with E-state index in [0.717, 1.165) is 13.1 Å². The van der Waals surface area contributed by atoms with E-state index < -0.39 is 0 Å². The van der Waals surface area contributed by atoms with Crippen LogP contribution in [-0.4, -0.2) is 41.5 Å². The topological polar surface area (TPSA) is 57.3 Å². The van der Waals surface area contributed by atoms with Gasteiger partial charge in [-0.2, -0.15) is 0 Å². The van der Waals surface area contributed by atoms with Crippen LogP contribution in [0.15, 0.2) is 42.6 Å². The normalized spacial score (nSPS) is 15.7. The SMILES string of the molecule is Cc1ccc(C(CNC(=O)c2cccnc2NC(C)C)N2CCCC2)cc1. The van der Waals surface area contributed by atoms with E-state index in [2.05, 4.69) is 51.7 Å². The first-order valence-corrected chi connectivity index (χ1v) is 9.85. The zero-order valence-electron chi connectivity index (χ0n) is 16.5. The van der Waals surface area contributed by atoms with Gasteiger partial charge in [0, 0.05) is 18.8 Å². The summed E-state index contributed by atoms with van der Waals surface area (Å²) in [7, 11) is 0. The number of nitrogens with one attached hydrogen (secondary N) is 2. The lowest BCUT2D eigenvalue weighted by molar-refractivity contribution is 0.0938. The second-order valence-electron chi connectivity index (χ2n) is 7.58. The van der Waals surface area contributed by atoms with Gasteiger partial charge in [-0.05, 0) is 64.4 Å². The monoisotopic (exact) mass is 366 g/mol. The molecule has 1 unspecified atom stereocenters. The van der Waals surface area contributed by atoms with Crippen LogP contribution in [0, 0.1) is 6.92 Å². The summed E-state index contributed by atoms with van der Waals surface area (Å²) in [5, 5.41) is 6.39. The van der Waals surface area contributed by atoms with Gasteiger partial charge in [-0.3, -0.25) is 9.69 Å². The van der Waals surface area contributed by atoms with Gasteiger partial charge in [0.15, 0.2) is 0 Å². The molecule has 2 heterocycles. The predicted octanol–water partition coefficient (Wildman–Crippen LogP) is 3.78. The number of carbonyl (C=O) groups excluding carboxylic acids is 1. The summed E-state index contributed by atoms with van der Waals surface area (Å²) < 4.78 is 0. The first-order valence-electron chi connectivity index (χ1n) is 9.85. The zero-order valence-corrected chi connectivity index (χ0v) is 16.5. The first-order chi connectivity index (χ1) is 13.0. The fraction of sp³-hybridized carbons (Fsp3) is 0.455. The number of aryl methyl sites for hydroxylation is 1. The molecule has 5 heteroatoms. The van der Waals surface area contributed by atoms with Crippen molar-refractivity contribution in [3.8, 4) is 0 Å². The summed E-state index contributed by atoms with van der Waals surface area (Å²) in [5.74, 6) is 0.556. The van der Waals surface area contributed by atoms with E-state index >= 15 is 0 Å². The Balaban J connectivity index is 1.73. The second kappa shape index (κ2) is 9.00. The molecule has 0 spiro atoms. The van der Waals surface area contributed by atoms with Crippen LogP contribution in [0.4, 0.5) is 5.82 Å². The number of likely N-dealkylation sites (tertiary alicyclic amines) is 1. The number of benzene rings is 1. The van der Waals surface area contributed by atoms with E-state index in [9.17, 15) is 4.79 Å². The van der Waals surface area contributed by atoms with Crippen molar-refractivity contribution in [2.24, 2.45) is 0 Å². The number of nitrogens with zero attached hydrogens (tertiary/aromatic N) is 2. The Labute approximate surface area is 162 Å². The molecule has 3 rings (SSSR count). The third-order valence-corrected chi connectivity index (χ3v) is 4.98. The Hall–Kier alpha value is -2.40. The summed E-state index contributed by atoms with van der Waals surface area (Å²) >= 11 is 0.